The summed E-state index contributed by atoms with van der Waals surface area (Å²) in [5, 5.41) is 12.4. The summed E-state index contributed by atoms with van der Waals surface area (Å²) in [6.45, 7) is 5.07. The number of benzene rings is 1. The van der Waals surface area contributed by atoms with Crippen LogP contribution in [0.1, 0.15) is 11.1 Å². The average molecular weight is 286 g/mol. The van der Waals surface area contributed by atoms with E-state index in [-0.39, 0.29) is 0 Å². The Morgan fingerprint density at radius 1 is 1.60 bits per heavy atom. The van der Waals surface area contributed by atoms with Crippen LogP contribution in [0.5, 0.6) is 0 Å². The number of halogens is 2. The van der Waals surface area contributed by atoms with Crippen LogP contribution in [0.15, 0.2) is 29.3 Å². The lowest BCUT2D eigenvalue weighted by molar-refractivity contribution is 0.757. The molecular weight excluding hydrogens is 275 g/mol. The van der Waals surface area contributed by atoms with Gasteiger partial charge in [-0.1, -0.05) is 40.2 Å². The zero-order valence-corrected chi connectivity index (χ0v) is 10.4. The standard InChI is InChI=1S/C11H10BrClN2/c1-8(12)6-15-7-10-3-2-9(5-14)4-11(10)13/h2-4,15H,1,6-7H2. The minimum Gasteiger partial charge on any atom is -0.308 e. The van der Waals surface area contributed by atoms with Crippen molar-refractivity contribution >= 4 is 27.5 Å². The fourth-order valence-corrected chi connectivity index (χ4v) is 1.54. The fourth-order valence-electron chi connectivity index (χ4n) is 1.09. The van der Waals surface area contributed by atoms with Crippen LogP contribution in [0.25, 0.3) is 0 Å². The molecule has 0 fully saturated rings. The van der Waals surface area contributed by atoms with Crippen LogP contribution in [-0.2, 0) is 6.54 Å². The molecule has 0 heterocycles. The molecule has 0 atom stereocenters. The molecule has 0 radical (unpaired) electrons. The molecule has 0 aliphatic heterocycles. The third kappa shape index (κ3) is 4.05. The van der Waals surface area contributed by atoms with Gasteiger partial charge in [0.2, 0.25) is 0 Å². The summed E-state index contributed by atoms with van der Waals surface area (Å²) in [7, 11) is 0. The highest BCUT2D eigenvalue weighted by Gasteiger charge is 2.01. The van der Waals surface area contributed by atoms with Gasteiger partial charge in [-0.05, 0) is 17.7 Å². The van der Waals surface area contributed by atoms with Gasteiger partial charge in [0.1, 0.15) is 0 Å². The van der Waals surface area contributed by atoms with Crippen molar-refractivity contribution in [3.05, 3.63) is 45.4 Å². The van der Waals surface area contributed by atoms with Crippen LogP contribution in [-0.4, -0.2) is 6.54 Å². The van der Waals surface area contributed by atoms with Crippen molar-refractivity contribution in [2.45, 2.75) is 6.54 Å². The molecule has 0 saturated heterocycles. The third-order valence-electron chi connectivity index (χ3n) is 1.81. The Morgan fingerprint density at radius 3 is 2.87 bits per heavy atom. The highest BCUT2D eigenvalue weighted by atomic mass is 79.9. The Kier molecular flexibility index (Phi) is 4.83. The predicted molar refractivity (Wildman–Crippen MR) is 65.9 cm³/mol. The first-order valence-electron chi connectivity index (χ1n) is 4.36. The van der Waals surface area contributed by atoms with Crippen molar-refractivity contribution in [2.75, 3.05) is 6.54 Å². The van der Waals surface area contributed by atoms with Crippen LogP contribution in [0.3, 0.4) is 0 Å². The van der Waals surface area contributed by atoms with Crippen molar-refractivity contribution in [1.82, 2.24) is 5.32 Å². The molecule has 1 rings (SSSR count). The van der Waals surface area contributed by atoms with Crippen LogP contribution < -0.4 is 5.32 Å². The molecule has 0 aromatic heterocycles. The molecule has 1 aromatic carbocycles. The van der Waals surface area contributed by atoms with E-state index in [9.17, 15) is 0 Å². The van der Waals surface area contributed by atoms with E-state index in [2.05, 4.69) is 27.8 Å². The summed E-state index contributed by atoms with van der Waals surface area (Å²) < 4.78 is 0.896. The number of hydrogen-bond donors (Lipinski definition) is 1. The Labute approximate surface area is 103 Å². The lowest BCUT2D eigenvalue weighted by atomic mass is 10.1. The van der Waals surface area contributed by atoms with E-state index in [0.717, 1.165) is 10.0 Å². The molecule has 1 aromatic rings. The van der Waals surface area contributed by atoms with Crippen molar-refractivity contribution in [1.29, 1.82) is 5.26 Å². The maximum Gasteiger partial charge on any atom is 0.0992 e. The molecule has 0 amide bonds. The summed E-state index contributed by atoms with van der Waals surface area (Å²) in [6.07, 6.45) is 0. The maximum absolute atomic E-state index is 8.66. The Bertz CT molecular complexity index is 410. The van der Waals surface area contributed by atoms with E-state index in [1.807, 2.05) is 12.1 Å². The molecule has 0 aliphatic carbocycles. The number of nitrogens with zero attached hydrogens (tertiary/aromatic N) is 1. The van der Waals surface area contributed by atoms with Crippen LogP contribution in [0, 0.1) is 11.3 Å². The van der Waals surface area contributed by atoms with Crippen LogP contribution in [0.2, 0.25) is 5.02 Å². The molecule has 1 N–H and O–H groups in total. The minimum absolute atomic E-state index is 0.577. The zero-order valence-electron chi connectivity index (χ0n) is 8.06. The number of hydrogen-bond acceptors (Lipinski definition) is 2. The van der Waals surface area contributed by atoms with Crippen molar-refractivity contribution in [2.24, 2.45) is 0 Å². The molecule has 0 unspecified atom stereocenters. The van der Waals surface area contributed by atoms with Crippen molar-refractivity contribution in [3.8, 4) is 6.07 Å². The average Bonchev–Trinajstić information content (AvgIpc) is 2.20. The zero-order chi connectivity index (χ0) is 11.3. The molecular formula is C11H10BrClN2. The van der Waals surface area contributed by atoms with E-state index < -0.39 is 0 Å². The lowest BCUT2D eigenvalue weighted by Gasteiger charge is -2.05. The topological polar surface area (TPSA) is 35.8 Å². The Balaban J connectivity index is 2.63. The highest BCUT2D eigenvalue weighted by molar-refractivity contribution is 9.11. The summed E-state index contributed by atoms with van der Waals surface area (Å²) in [5.41, 5.74) is 1.55. The summed E-state index contributed by atoms with van der Waals surface area (Å²) in [4.78, 5) is 0. The summed E-state index contributed by atoms with van der Waals surface area (Å²) in [6, 6.07) is 7.32. The highest BCUT2D eigenvalue weighted by Crippen LogP contribution is 2.17. The van der Waals surface area contributed by atoms with Gasteiger partial charge >= 0.3 is 0 Å². The number of rotatable bonds is 4. The summed E-state index contributed by atoms with van der Waals surface area (Å²) in [5.74, 6) is 0. The summed E-state index contributed by atoms with van der Waals surface area (Å²) >= 11 is 9.25. The smallest absolute Gasteiger partial charge is 0.0992 e. The van der Waals surface area contributed by atoms with Gasteiger partial charge in [0, 0.05) is 22.6 Å². The SMILES string of the molecule is C=C(Br)CNCc1ccc(C#N)cc1Cl. The monoisotopic (exact) mass is 284 g/mol. The number of nitriles is 1. The Hall–Kier alpha value is -0.820. The van der Waals surface area contributed by atoms with Gasteiger partial charge in [0.15, 0.2) is 0 Å². The predicted octanol–water partition coefficient (Wildman–Crippen LogP) is 3.21. The lowest BCUT2D eigenvalue weighted by Crippen LogP contribution is -2.14. The van der Waals surface area contributed by atoms with E-state index in [1.165, 1.54) is 0 Å². The van der Waals surface area contributed by atoms with Gasteiger partial charge in [-0.3, -0.25) is 0 Å². The normalized spacial score (nSPS) is 9.67. The number of nitrogens with one attached hydrogen (secondary N) is 1. The molecule has 0 spiro atoms. The molecule has 0 aliphatic rings. The van der Waals surface area contributed by atoms with Gasteiger partial charge in [-0.15, -0.1) is 0 Å². The van der Waals surface area contributed by atoms with Gasteiger partial charge in [0.05, 0.1) is 11.6 Å². The third-order valence-corrected chi connectivity index (χ3v) is 2.45. The second-order valence-corrected chi connectivity index (χ2v) is 4.57. The second-order valence-electron chi connectivity index (χ2n) is 3.04. The molecule has 0 saturated carbocycles. The van der Waals surface area contributed by atoms with E-state index >= 15 is 0 Å². The molecule has 15 heavy (non-hydrogen) atoms. The minimum atomic E-state index is 0.577. The first kappa shape index (κ1) is 12.3. The molecule has 0 bridgehead atoms. The fraction of sp³-hybridized carbons (Fsp3) is 0.182. The largest absolute Gasteiger partial charge is 0.308 e. The second kappa shape index (κ2) is 5.92. The van der Waals surface area contributed by atoms with Gasteiger partial charge in [0.25, 0.3) is 0 Å². The van der Waals surface area contributed by atoms with Crippen molar-refractivity contribution < 1.29 is 0 Å². The van der Waals surface area contributed by atoms with E-state index in [1.54, 1.807) is 12.1 Å². The van der Waals surface area contributed by atoms with Gasteiger partial charge in [-0.25, -0.2) is 0 Å². The molecule has 78 valence electrons. The van der Waals surface area contributed by atoms with Crippen molar-refractivity contribution in [3.63, 3.8) is 0 Å². The molecule has 2 nitrogen and oxygen atoms in total. The van der Waals surface area contributed by atoms with Crippen LogP contribution >= 0.6 is 27.5 Å². The van der Waals surface area contributed by atoms with E-state index in [0.29, 0.717) is 23.7 Å². The Morgan fingerprint density at radius 2 is 2.33 bits per heavy atom. The maximum atomic E-state index is 8.66. The van der Waals surface area contributed by atoms with Crippen LogP contribution in [0.4, 0.5) is 0 Å². The van der Waals surface area contributed by atoms with Gasteiger partial charge in [-0.2, -0.15) is 5.26 Å². The van der Waals surface area contributed by atoms with Gasteiger partial charge < -0.3 is 5.32 Å². The quantitative estimate of drug-likeness (QED) is 0.922. The first-order chi connectivity index (χ1) is 7.13. The van der Waals surface area contributed by atoms with E-state index in [4.69, 9.17) is 16.9 Å². The molecule has 4 heteroatoms. The first-order valence-corrected chi connectivity index (χ1v) is 5.53.